The van der Waals surface area contributed by atoms with E-state index in [9.17, 15) is 9.90 Å². The van der Waals surface area contributed by atoms with Gasteiger partial charge in [0, 0.05) is 16.4 Å². The van der Waals surface area contributed by atoms with Crippen molar-refractivity contribution < 1.29 is 14.6 Å². The number of ether oxygens (including phenoxy) is 1. The molecule has 0 aliphatic heterocycles. The van der Waals surface area contributed by atoms with Gasteiger partial charge in [-0.1, -0.05) is 34.8 Å². The maximum Gasteiger partial charge on any atom is 0.223 e. The molecule has 0 aromatic heterocycles. The van der Waals surface area contributed by atoms with Crippen molar-refractivity contribution in [1.29, 1.82) is 0 Å². The second kappa shape index (κ2) is 7.80. The Morgan fingerprint density at radius 3 is 2.81 bits per heavy atom. The van der Waals surface area contributed by atoms with Gasteiger partial charge in [0.1, 0.15) is 5.75 Å². The molecule has 0 saturated heterocycles. The highest BCUT2D eigenvalue weighted by molar-refractivity contribution is 9.10. The van der Waals surface area contributed by atoms with Gasteiger partial charge < -0.3 is 15.2 Å². The van der Waals surface area contributed by atoms with Crippen molar-refractivity contribution in [3.8, 4) is 5.75 Å². The lowest BCUT2D eigenvalue weighted by Crippen LogP contribution is -2.38. The molecule has 0 atom stereocenters. The molecule has 0 radical (unpaired) electrons. The van der Waals surface area contributed by atoms with Gasteiger partial charge in [-0.15, -0.1) is 0 Å². The van der Waals surface area contributed by atoms with Crippen LogP contribution in [0.5, 0.6) is 5.75 Å². The average Bonchev–Trinajstić information content (AvgIpc) is 2.95. The van der Waals surface area contributed by atoms with Gasteiger partial charge in [-0.25, -0.2) is 0 Å². The highest BCUT2D eigenvalue weighted by Gasteiger charge is 2.33. The molecule has 1 aromatic rings. The first kappa shape index (κ1) is 16.3. The summed E-state index contributed by atoms with van der Waals surface area (Å²) in [6.07, 6.45) is 4.61. The molecule has 0 heterocycles. The molecule has 1 saturated carbocycles. The minimum absolute atomic E-state index is 0.0234. The van der Waals surface area contributed by atoms with Crippen molar-refractivity contribution in [2.24, 2.45) is 5.41 Å². The molecule has 1 fully saturated rings. The fourth-order valence-corrected chi connectivity index (χ4v) is 3.09. The lowest BCUT2D eigenvalue weighted by Gasteiger charge is -2.26. The monoisotopic (exact) mass is 355 g/mol. The van der Waals surface area contributed by atoms with Gasteiger partial charge in [-0.3, -0.25) is 4.79 Å². The zero-order valence-electron chi connectivity index (χ0n) is 12.1. The van der Waals surface area contributed by atoms with Crippen LogP contribution in [0.2, 0.25) is 0 Å². The van der Waals surface area contributed by atoms with E-state index in [1.807, 2.05) is 24.3 Å². The van der Waals surface area contributed by atoms with Crippen LogP contribution in [0.15, 0.2) is 28.7 Å². The molecule has 5 heteroatoms. The number of halogens is 1. The van der Waals surface area contributed by atoms with Crippen LogP contribution in [0.1, 0.15) is 32.1 Å². The summed E-state index contributed by atoms with van der Waals surface area (Å²) in [6, 6.07) is 7.55. The summed E-state index contributed by atoms with van der Waals surface area (Å²) in [4.78, 5) is 11.8. The largest absolute Gasteiger partial charge is 0.493 e. The van der Waals surface area contributed by atoms with E-state index < -0.39 is 0 Å². The number of hydrogen-bond acceptors (Lipinski definition) is 3. The number of amides is 1. The predicted octanol–water partition coefficient (Wildman–Crippen LogP) is 2.89. The number of nitrogens with one attached hydrogen (secondary N) is 1. The van der Waals surface area contributed by atoms with Crippen molar-refractivity contribution in [1.82, 2.24) is 5.32 Å². The van der Waals surface area contributed by atoms with E-state index in [0.29, 0.717) is 19.6 Å². The van der Waals surface area contributed by atoms with E-state index in [-0.39, 0.29) is 17.9 Å². The molecule has 1 aliphatic rings. The molecule has 2 rings (SSSR count). The Morgan fingerprint density at radius 2 is 2.14 bits per heavy atom. The minimum Gasteiger partial charge on any atom is -0.493 e. The lowest BCUT2D eigenvalue weighted by atomic mass is 9.87. The van der Waals surface area contributed by atoms with Gasteiger partial charge in [-0.05, 0) is 31.0 Å². The summed E-state index contributed by atoms with van der Waals surface area (Å²) < 4.78 is 6.49. The molecule has 21 heavy (non-hydrogen) atoms. The third-order valence-corrected chi connectivity index (χ3v) is 4.55. The molecule has 0 bridgehead atoms. The van der Waals surface area contributed by atoms with E-state index in [0.717, 1.165) is 35.9 Å². The van der Waals surface area contributed by atoms with E-state index in [1.54, 1.807) is 0 Å². The van der Waals surface area contributed by atoms with E-state index in [2.05, 4.69) is 21.2 Å². The summed E-state index contributed by atoms with van der Waals surface area (Å²) in [5, 5.41) is 12.4. The van der Waals surface area contributed by atoms with Crippen LogP contribution in [0.4, 0.5) is 0 Å². The number of rotatable bonds is 7. The first-order valence-corrected chi connectivity index (χ1v) is 8.19. The molecule has 1 aliphatic carbocycles. The van der Waals surface area contributed by atoms with E-state index in [4.69, 9.17) is 4.74 Å². The molecule has 2 N–H and O–H groups in total. The SMILES string of the molecule is O=C(CCOc1cccc(Br)c1)NCC1(CO)CCCC1. The zero-order valence-corrected chi connectivity index (χ0v) is 13.7. The van der Waals surface area contributed by atoms with Crippen LogP contribution in [0.3, 0.4) is 0 Å². The fraction of sp³-hybridized carbons (Fsp3) is 0.562. The summed E-state index contributed by atoms with van der Waals surface area (Å²) in [7, 11) is 0. The van der Waals surface area contributed by atoms with E-state index >= 15 is 0 Å². The second-order valence-corrected chi connectivity index (χ2v) is 6.61. The van der Waals surface area contributed by atoms with Crippen molar-refractivity contribution in [3.05, 3.63) is 28.7 Å². The molecule has 4 nitrogen and oxygen atoms in total. The number of carbonyl (C=O) groups excluding carboxylic acids is 1. The number of carbonyl (C=O) groups is 1. The summed E-state index contributed by atoms with van der Waals surface area (Å²) in [6.45, 7) is 1.08. The highest BCUT2D eigenvalue weighted by atomic mass is 79.9. The molecule has 1 aromatic carbocycles. The molecule has 0 spiro atoms. The van der Waals surface area contributed by atoms with Crippen molar-refractivity contribution in [2.75, 3.05) is 19.8 Å². The van der Waals surface area contributed by atoms with Crippen molar-refractivity contribution in [3.63, 3.8) is 0 Å². The molecular formula is C16H22BrNO3. The molecule has 1 amide bonds. The Bertz CT molecular complexity index is 472. The smallest absolute Gasteiger partial charge is 0.223 e. The van der Waals surface area contributed by atoms with Gasteiger partial charge in [0.25, 0.3) is 0 Å². The summed E-state index contributed by atoms with van der Waals surface area (Å²) in [5.74, 6) is 0.726. The quantitative estimate of drug-likeness (QED) is 0.790. The van der Waals surface area contributed by atoms with Crippen LogP contribution in [-0.4, -0.2) is 30.8 Å². The number of aliphatic hydroxyl groups excluding tert-OH is 1. The third kappa shape index (κ3) is 5.00. The number of aliphatic hydroxyl groups is 1. The zero-order chi connectivity index (χ0) is 15.1. The predicted molar refractivity (Wildman–Crippen MR) is 85.3 cm³/mol. The van der Waals surface area contributed by atoms with Crippen molar-refractivity contribution in [2.45, 2.75) is 32.1 Å². The van der Waals surface area contributed by atoms with Crippen molar-refractivity contribution >= 4 is 21.8 Å². The fourth-order valence-electron chi connectivity index (χ4n) is 2.71. The van der Waals surface area contributed by atoms with Gasteiger partial charge >= 0.3 is 0 Å². The minimum atomic E-state index is -0.0964. The Labute approximate surface area is 134 Å². The van der Waals surface area contributed by atoms with E-state index in [1.165, 1.54) is 0 Å². The maximum absolute atomic E-state index is 11.8. The van der Waals surface area contributed by atoms with Crippen LogP contribution in [0.25, 0.3) is 0 Å². The van der Waals surface area contributed by atoms with Gasteiger partial charge in [0.2, 0.25) is 5.91 Å². The number of benzene rings is 1. The highest BCUT2D eigenvalue weighted by Crippen LogP contribution is 2.36. The Hall–Kier alpha value is -1.07. The Morgan fingerprint density at radius 1 is 1.38 bits per heavy atom. The van der Waals surface area contributed by atoms with Crippen LogP contribution < -0.4 is 10.1 Å². The first-order valence-electron chi connectivity index (χ1n) is 7.39. The Kier molecular flexibility index (Phi) is 6.06. The average molecular weight is 356 g/mol. The number of hydrogen-bond donors (Lipinski definition) is 2. The van der Waals surface area contributed by atoms with Crippen LogP contribution in [-0.2, 0) is 4.79 Å². The molecule has 0 unspecified atom stereocenters. The molecule has 116 valence electrons. The first-order chi connectivity index (χ1) is 10.1. The summed E-state index contributed by atoms with van der Waals surface area (Å²) >= 11 is 3.38. The molecular weight excluding hydrogens is 334 g/mol. The lowest BCUT2D eigenvalue weighted by molar-refractivity contribution is -0.122. The van der Waals surface area contributed by atoms with Crippen LogP contribution >= 0.6 is 15.9 Å². The maximum atomic E-state index is 11.8. The van der Waals surface area contributed by atoms with Crippen LogP contribution in [0, 0.1) is 5.41 Å². The standard InChI is InChI=1S/C16H22BrNO3/c17-13-4-3-5-14(10-13)21-9-6-15(20)18-11-16(12-19)7-1-2-8-16/h3-5,10,19H,1-2,6-9,11-12H2,(H,18,20). The van der Waals surface area contributed by atoms with Gasteiger partial charge in [0.05, 0.1) is 19.6 Å². The van der Waals surface area contributed by atoms with Gasteiger partial charge in [0.15, 0.2) is 0 Å². The third-order valence-electron chi connectivity index (χ3n) is 4.05. The summed E-state index contributed by atoms with van der Waals surface area (Å²) in [5.41, 5.74) is -0.0964. The second-order valence-electron chi connectivity index (χ2n) is 5.70. The normalized spacial score (nSPS) is 16.7. The topological polar surface area (TPSA) is 58.6 Å². The van der Waals surface area contributed by atoms with Gasteiger partial charge in [-0.2, -0.15) is 0 Å². The Balaban J connectivity index is 1.68.